The Bertz CT molecular complexity index is 1440. The van der Waals surface area contributed by atoms with E-state index in [0.717, 1.165) is 10.5 Å². The van der Waals surface area contributed by atoms with E-state index in [1.807, 2.05) is 42.5 Å². The molecular formula is C31H26N2O4S. The first kappa shape index (κ1) is 26.4. The molecule has 2 N–H and O–H groups in total. The van der Waals surface area contributed by atoms with Crippen LogP contribution in [0.1, 0.15) is 26.3 Å². The molecule has 0 fully saturated rings. The number of hydrogen-bond donors (Lipinski definition) is 2. The third kappa shape index (κ3) is 7.44. The van der Waals surface area contributed by atoms with Gasteiger partial charge >= 0.3 is 0 Å². The fourth-order valence-electron chi connectivity index (χ4n) is 3.53. The lowest BCUT2D eigenvalue weighted by atomic mass is 10.1. The first-order valence-corrected chi connectivity index (χ1v) is 12.8. The van der Waals surface area contributed by atoms with E-state index in [1.54, 1.807) is 79.9 Å². The SMILES string of the molecule is COc1ccc(C(=O)CSc2cccc(NC(=O)/C(=C/c3ccccc3)NC(=O)c3ccccc3)c2)cc1. The number of ketones is 1. The van der Waals surface area contributed by atoms with Crippen LogP contribution in [0.5, 0.6) is 5.75 Å². The predicted molar refractivity (Wildman–Crippen MR) is 151 cm³/mol. The summed E-state index contributed by atoms with van der Waals surface area (Å²) >= 11 is 1.38. The number of benzene rings is 4. The van der Waals surface area contributed by atoms with E-state index in [1.165, 1.54) is 11.8 Å². The smallest absolute Gasteiger partial charge is 0.272 e. The average molecular weight is 523 g/mol. The van der Waals surface area contributed by atoms with Crippen LogP contribution in [0.15, 0.2) is 120 Å². The summed E-state index contributed by atoms with van der Waals surface area (Å²) in [6, 6.07) is 32.2. The maximum Gasteiger partial charge on any atom is 0.272 e. The topological polar surface area (TPSA) is 84.5 Å². The molecule has 6 nitrogen and oxygen atoms in total. The van der Waals surface area contributed by atoms with Crippen molar-refractivity contribution >= 4 is 41.1 Å². The van der Waals surface area contributed by atoms with E-state index in [0.29, 0.717) is 22.6 Å². The van der Waals surface area contributed by atoms with Crippen LogP contribution >= 0.6 is 11.8 Å². The fraction of sp³-hybridized carbons (Fsp3) is 0.0645. The molecule has 0 atom stereocenters. The largest absolute Gasteiger partial charge is 0.497 e. The summed E-state index contributed by atoms with van der Waals surface area (Å²) in [5, 5.41) is 5.59. The number of hydrogen-bond acceptors (Lipinski definition) is 5. The van der Waals surface area contributed by atoms with E-state index in [2.05, 4.69) is 10.6 Å². The van der Waals surface area contributed by atoms with Crippen molar-refractivity contribution in [2.24, 2.45) is 0 Å². The summed E-state index contributed by atoms with van der Waals surface area (Å²) in [4.78, 5) is 39.4. The zero-order valence-electron chi connectivity index (χ0n) is 20.7. The predicted octanol–water partition coefficient (Wildman–Crippen LogP) is 6.08. The molecule has 0 aromatic heterocycles. The second kappa shape index (κ2) is 13.1. The Hall–Kier alpha value is -4.62. The van der Waals surface area contributed by atoms with Gasteiger partial charge in [-0.25, -0.2) is 0 Å². The van der Waals surface area contributed by atoms with Crippen molar-refractivity contribution in [3.8, 4) is 5.75 Å². The van der Waals surface area contributed by atoms with Gasteiger partial charge in [-0.2, -0.15) is 0 Å². The molecular weight excluding hydrogens is 496 g/mol. The number of ether oxygens (including phenoxy) is 1. The number of thioether (sulfide) groups is 1. The maximum absolute atomic E-state index is 13.2. The molecule has 0 radical (unpaired) electrons. The van der Waals surface area contributed by atoms with Crippen molar-refractivity contribution in [2.45, 2.75) is 4.90 Å². The minimum atomic E-state index is -0.463. The molecule has 4 aromatic rings. The number of Topliss-reactive ketones (excluding diaryl/α,β-unsaturated/α-hetero) is 1. The van der Waals surface area contributed by atoms with Crippen LogP contribution in [0.2, 0.25) is 0 Å². The number of nitrogens with one attached hydrogen (secondary N) is 2. The van der Waals surface area contributed by atoms with Crippen LogP contribution in [0.4, 0.5) is 5.69 Å². The molecule has 190 valence electrons. The third-order valence-electron chi connectivity index (χ3n) is 5.51. The molecule has 2 amide bonds. The Morgan fingerprint density at radius 3 is 2.16 bits per heavy atom. The molecule has 0 saturated heterocycles. The molecule has 7 heteroatoms. The van der Waals surface area contributed by atoms with Crippen LogP contribution in [-0.4, -0.2) is 30.5 Å². The standard InChI is InChI=1S/C31H26N2O4S/c1-37-26-17-15-23(16-18-26)29(34)21-38-27-14-8-13-25(20-27)32-31(36)28(19-22-9-4-2-5-10-22)33-30(35)24-11-6-3-7-12-24/h2-20H,21H2,1H3,(H,32,36)(H,33,35)/b28-19-. The van der Waals surface area contributed by atoms with E-state index < -0.39 is 5.91 Å². The van der Waals surface area contributed by atoms with Gasteiger partial charge in [0.15, 0.2) is 5.78 Å². The number of carbonyl (C=O) groups excluding carboxylic acids is 3. The number of amides is 2. The minimum Gasteiger partial charge on any atom is -0.497 e. The zero-order chi connectivity index (χ0) is 26.7. The van der Waals surface area contributed by atoms with Gasteiger partial charge in [-0.15, -0.1) is 11.8 Å². The molecule has 0 heterocycles. The van der Waals surface area contributed by atoms with Gasteiger partial charge < -0.3 is 15.4 Å². The molecule has 0 aliphatic carbocycles. The monoisotopic (exact) mass is 522 g/mol. The summed E-state index contributed by atoms with van der Waals surface area (Å²) < 4.78 is 5.14. The van der Waals surface area contributed by atoms with Crippen molar-refractivity contribution in [1.82, 2.24) is 5.32 Å². The molecule has 0 saturated carbocycles. The molecule has 0 bridgehead atoms. The second-order valence-electron chi connectivity index (χ2n) is 8.21. The first-order chi connectivity index (χ1) is 18.5. The summed E-state index contributed by atoms with van der Waals surface area (Å²) in [6.45, 7) is 0. The van der Waals surface area contributed by atoms with Gasteiger partial charge in [0.25, 0.3) is 11.8 Å². The summed E-state index contributed by atoms with van der Waals surface area (Å²) in [5.41, 5.74) is 2.47. The van der Waals surface area contributed by atoms with Crippen molar-refractivity contribution in [2.75, 3.05) is 18.2 Å². The number of methoxy groups -OCH3 is 1. The van der Waals surface area contributed by atoms with Crippen molar-refractivity contribution in [1.29, 1.82) is 0 Å². The Morgan fingerprint density at radius 1 is 0.789 bits per heavy atom. The van der Waals surface area contributed by atoms with E-state index in [-0.39, 0.29) is 23.1 Å². The molecule has 0 aliphatic rings. The molecule has 4 aromatic carbocycles. The quantitative estimate of drug-likeness (QED) is 0.150. The van der Waals surface area contributed by atoms with Gasteiger partial charge in [0.05, 0.1) is 12.9 Å². The Balaban J connectivity index is 1.45. The van der Waals surface area contributed by atoms with Crippen LogP contribution < -0.4 is 15.4 Å². The van der Waals surface area contributed by atoms with Crippen molar-refractivity contribution in [3.05, 3.63) is 132 Å². The lowest BCUT2D eigenvalue weighted by Crippen LogP contribution is -2.30. The minimum absolute atomic E-state index is 0.0104. The molecule has 0 aliphatic heterocycles. The third-order valence-corrected chi connectivity index (χ3v) is 6.51. The normalized spacial score (nSPS) is 10.9. The van der Waals surface area contributed by atoms with Gasteiger partial charge in [-0.1, -0.05) is 54.6 Å². The fourth-order valence-corrected chi connectivity index (χ4v) is 4.38. The highest BCUT2D eigenvalue weighted by atomic mass is 32.2. The zero-order valence-corrected chi connectivity index (χ0v) is 21.5. The van der Waals surface area contributed by atoms with Crippen LogP contribution in [0.3, 0.4) is 0 Å². The summed E-state index contributed by atoms with van der Waals surface area (Å²) in [6.07, 6.45) is 1.63. The number of carbonyl (C=O) groups is 3. The van der Waals surface area contributed by atoms with Gasteiger partial charge in [-0.3, -0.25) is 14.4 Å². The highest BCUT2D eigenvalue weighted by molar-refractivity contribution is 8.00. The number of rotatable bonds is 10. The first-order valence-electron chi connectivity index (χ1n) is 11.9. The van der Waals surface area contributed by atoms with E-state index in [4.69, 9.17) is 4.74 Å². The Labute approximate surface area is 225 Å². The highest BCUT2D eigenvalue weighted by Crippen LogP contribution is 2.24. The summed E-state index contributed by atoms with van der Waals surface area (Å²) in [7, 11) is 1.58. The van der Waals surface area contributed by atoms with Crippen molar-refractivity contribution in [3.63, 3.8) is 0 Å². The van der Waals surface area contributed by atoms with Gasteiger partial charge in [-0.05, 0) is 66.2 Å². The lowest BCUT2D eigenvalue weighted by molar-refractivity contribution is -0.113. The van der Waals surface area contributed by atoms with E-state index >= 15 is 0 Å². The van der Waals surface area contributed by atoms with Crippen molar-refractivity contribution < 1.29 is 19.1 Å². The highest BCUT2D eigenvalue weighted by Gasteiger charge is 2.15. The molecule has 38 heavy (non-hydrogen) atoms. The molecule has 4 rings (SSSR count). The van der Waals surface area contributed by atoms with Gasteiger partial charge in [0, 0.05) is 21.7 Å². The van der Waals surface area contributed by atoms with Gasteiger partial charge in [0.1, 0.15) is 11.4 Å². The average Bonchev–Trinajstić information content (AvgIpc) is 2.96. The molecule has 0 unspecified atom stereocenters. The van der Waals surface area contributed by atoms with Crippen LogP contribution in [0, 0.1) is 0 Å². The second-order valence-corrected chi connectivity index (χ2v) is 9.26. The Kier molecular flexibility index (Phi) is 9.10. The number of anilines is 1. The lowest BCUT2D eigenvalue weighted by Gasteiger charge is -2.12. The van der Waals surface area contributed by atoms with Gasteiger partial charge in [0.2, 0.25) is 0 Å². The molecule has 0 spiro atoms. The summed E-state index contributed by atoms with van der Waals surface area (Å²) in [5.74, 6) is 0.0803. The van der Waals surface area contributed by atoms with Crippen LogP contribution in [-0.2, 0) is 4.79 Å². The van der Waals surface area contributed by atoms with Crippen LogP contribution in [0.25, 0.3) is 6.08 Å². The van der Waals surface area contributed by atoms with E-state index in [9.17, 15) is 14.4 Å². The Morgan fingerprint density at radius 2 is 1.47 bits per heavy atom. The maximum atomic E-state index is 13.2.